The third-order valence-corrected chi connectivity index (χ3v) is 5.31. The van der Waals surface area contributed by atoms with Crippen molar-refractivity contribution < 1.29 is 14.0 Å². The molecule has 1 aliphatic rings. The van der Waals surface area contributed by atoms with Crippen LogP contribution in [0.5, 0.6) is 0 Å². The summed E-state index contributed by atoms with van der Waals surface area (Å²) in [5.41, 5.74) is 0.966. The van der Waals surface area contributed by atoms with Gasteiger partial charge in [0, 0.05) is 19.1 Å². The molecule has 0 atom stereocenters. The second-order valence-corrected chi connectivity index (χ2v) is 7.29. The number of hydrogen-bond donors (Lipinski definition) is 1. The molecule has 154 valence electrons. The number of nitrogens with one attached hydrogen (secondary N) is 1. The Hall–Kier alpha value is -3.55. The summed E-state index contributed by atoms with van der Waals surface area (Å²) in [6.07, 6.45) is 2.35. The van der Waals surface area contributed by atoms with E-state index in [1.165, 1.54) is 22.9 Å². The number of carbonyl (C=O) groups is 2. The first-order chi connectivity index (χ1) is 14.5. The number of piperidine rings is 1. The minimum absolute atomic E-state index is 0.0592. The Morgan fingerprint density at radius 1 is 1.07 bits per heavy atom. The molecule has 3 aromatic rings. The maximum absolute atomic E-state index is 13.9. The van der Waals surface area contributed by atoms with Crippen molar-refractivity contribution in [1.82, 2.24) is 19.8 Å². The first kappa shape index (κ1) is 19.8. The number of hydrogen-bond acceptors (Lipinski definition) is 4. The Morgan fingerprint density at radius 3 is 2.53 bits per heavy atom. The molecule has 4 rings (SSSR count). The molecule has 30 heavy (non-hydrogen) atoms. The van der Waals surface area contributed by atoms with Crippen LogP contribution < -0.4 is 10.9 Å². The Kier molecular flexibility index (Phi) is 5.56. The number of aromatic nitrogens is 2. The zero-order valence-corrected chi connectivity index (χ0v) is 16.3. The minimum atomic E-state index is -0.534. The molecule has 0 spiro atoms. The van der Waals surface area contributed by atoms with E-state index < -0.39 is 5.82 Å². The third-order valence-electron chi connectivity index (χ3n) is 5.31. The monoisotopic (exact) mass is 408 g/mol. The molecule has 2 heterocycles. The van der Waals surface area contributed by atoms with Crippen LogP contribution in [0, 0.1) is 5.82 Å². The molecule has 7 nitrogen and oxygen atoms in total. The molecule has 0 bridgehead atoms. The maximum Gasteiger partial charge on any atom is 0.269 e. The van der Waals surface area contributed by atoms with Gasteiger partial charge in [-0.1, -0.05) is 24.3 Å². The van der Waals surface area contributed by atoms with Crippen LogP contribution in [0.25, 0.3) is 11.0 Å². The number of rotatable bonds is 4. The Bertz CT molecular complexity index is 1150. The zero-order valence-electron chi connectivity index (χ0n) is 16.3. The molecule has 0 radical (unpaired) electrons. The van der Waals surface area contributed by atoms with Crippen LogP contribution in [0.4, 0.5) is 4.39 Å². The highest BCUT2D eigenvalue weighted by Gasteiger charge is 2.26. The lowest BCUT2D eigenvalue weighted by Gasteiger charge is -2.32. The van der Waals surface area contributed by atoms with E-state index in [0.717, 1.165) is 0 Å². The third kappa shape index (κ3) is 4.07. The molecule has 2 amide bonds. The summed E-state index contributed by atoms with van der Waals surface area (Å²) in [6, 6.07) is 13.0. The van der Waals surface area contributed by atoms with Gasteiger partial charge in [-0.2, -0.15) is 0 Å². The van der Waals surface area contributed by atoms with E-state index in [9.17, 15) is 18.8 Å². The van der Waals surface area contributed by atoms with Gasteiger partial charge < -0.3 is 10.2 Å². The van der Waals surface area contributed by atoms with Crippen LogP contribution in [-0.2, 0) is 11.3 Å². The minimum Gasteiger partial charge on any atom is -0.352 e. The fourth-order valence-corrected chi connectivity index (χ4v) is 3.73. The number of carbonyl (C=O) groups excluding carboxylic acids is 2. The molecular formula is C22H21FN4O3. The Morgan fingerprint density at radius 2 is 1.77 bits per heavy atom. The number of amides is 2. The van der Waals surface area contributed by atoms with Crippen molar-refractivity contribution in [3.63, 3.8) is 0 Å². The molecule has 1 fully saturated rings. The number of fused-ring (bicyclic) bond motifs is 1. The van der Waals surface area contributed by atoms with Crippen LogP contribution >= 0.6 is 0 Å². The van der Waals surface area contributed by atoms with Crippen LogP contribution in [-0.4, -0.2) is 45.4 Å². The first-order valence-electron chi connectivity index (χ1n) is 9.80. The van der Waals surface area contributed by atoms with Gasteiger partial charge in [-0.25, -0.2) is 9.37 Å². The van der Waals surface area contributed by atoms with Gasteiger partial charge >= 0.3 is 0 Å². The smallest absolute Gasteiger partial charge is 0.269 e. The highest BCUT2D eigenvalue weighted by atomic mass is 19.1. The predicted octanol–water partition coefficient (Wildman–Crippen LogP) is 1.96. The van der Waals surface area contributed by atoms with Gasteiger partial charge in [-0.15, -0.1) is 0 Å². The highest BCUT2D eigenvalue weighted by Crippen LogP contribution is 2.16. The normalized spacial score (nSPS) is 14.6. The Balaban J connectivity index is 1.36. The molecule has 1 saturated heterocycles. The maximum atomic E-state index is 13.9. The van der Waals surface area contributed by atoms with Crippen molar-refractivity contribution in [2.45, 2.75) is 25.4 Å². The molecule has 1 aliphatic heterocycles. The van der Waals surface area contributed by atoms with E-state index in [0.29, 0.717) is 37.0 Å². The van der Waals surface area contributed by atoms with E-state index in [2.05, 4.69) is 10.3 Å². The summed E-state index contributed by atoms with van der Waals surface area (Å²) in [5, 5.41) is 2.94. The topological polar surface area (TPSA) is 84.3 Å². The summed E-state index contributed by atoms with van der Waals surface area (Å²) < 4.78 is 15.3. The lowest BCUT2D eigenvalue weighted by Crippen LogP contribution is -2.47. The molecule has 8 heteroatoms. The van der Waals surface area contributed by atoms with E-state index in [4.69, 9.17) is 0 Å². The van der Waals surface area contributed by atoms with Gasteiger partial charge in [0.15, 0.2) is 0 Å². The van der Waals surface area contributed by atoms with Gasteiger partial charge in [0.2, 0.25) is 5.91 Å². The quantitative estimate of drug-likeness (QED) is 0.715. The number of para-hydroxylation sites is 2. The average Bonchev–Trinajstić information content (AvgIpc) is 2.76. The van der Waals surface area contributed by atoms with Crippen molar-refractivity contribution in [2.24, 2.45) is 0 Å². The van der Waals surface area contributed by atoms with Crippen molar-refractivity contribution in [1.29, 1.82) is 0 Å². The summed E-state index contributed by atoms with van der Waals surface area (Å²) in [6.45, 7) is 0.753. The number of likely N-dealkylation sites (tertiary alicyclic amines) is 1. The molecule has 0 aliphatic carbocycles. The molecule has 0 unspecified atom stereocenters. The van der Waals surface area contributed by atoms with Crippen LogP contribution in [0.15, 0.2) is 59.5 Å². The van der Waals surface area contributed by atoms with E-state index in [1.54, 1.807) is 35.2 Å². The average molecular weight is 408 g/mol. The standard InChI is InChI=1S/C22H21FN4O3/c23-17-6-2-1-5-16(17)22(30)26-11-9-15(10-12-26)25-20(28)14-27-19-8-4-3-7-18(19)24-13-21(27)29/h1-8,13,15H,9-12,14H2,(H,25,28). The van der Waals surface area contributed by atoms with E-state index >= 15 is 0 Å². The molecule has 2 aromatic carbocycles. The number of benzene rings is 2. The number of nitrogens with zero attached hydrogens (tertiary/aromatic N) is 3. The lowest BCUT2D eigenvalue weighted by atomic mass is 10.0. The van der Waals surface area contributed by atoms with Gasteiger partial charge in [-0.3, -0.25) is 19.0 Å². The highest BCUT2D eigenvalue weighted by molar-refractivity contribution is 5.94. The summed E-state index contributed by atoms with van der Waals surface area (Å²) in [7, 11) is 0. The largest absolute Gasteiger partial charge is 0.352 e. The van der Waals surface area contributed by atoms with Gasteiger partial charge in [-0.05, 0) is 37.1 Å². The van der Waals surface area contributed by atoms with Crippen molar-refractivity contribution in [2.75, 3.05) is 13.1 Å². The van der Waals surface area contributed by atoms with E-state index in [1.807, 2.05) is 6.07 Å². The fraction of sp³-hybridized carbons (Fsp3) is 0.273. The van der Waals surface area contributed by atoms with Gasteiger partial charge in [0.25, 0.3) is 11.5 Å². The summed E-state index contributed by atoms with van der Waals surface area (Å²) in [5.74, 6) is -1.15. The number of halogens is 1. The van der Waals surface area contributed by atoms with Crippen LogP contribution in [0.1, 0.15) is 23.2 Å². The van der Waals surface area contributed by atoms with E-state index in [-0.39, 0.29) is 35.5 Å². The molecule has 1 aromatic heterocycles. The SMILES string of the molecule is O=C(Cn1c(=O)cnc2ccccc21)NC1CCN(C(=O)c2ccccc2F)CC1. The molecular weight excluding hydrogens is 387 g/mol. The van der Waals surface area contributed by atoms with Crippen molar-refractivity contribution in [3.05, 3.63) is 76.5 Å². The van der Waals surface area contributed by atoms with Gasteiger partial charge in [0.05, 0.1) is 22.8 Å². The van der Waals surface area contributed by atoms with Crippen molar-refractivity contribution >= 4 is 22.8 Å². The predicted molar refractivity (Wildman–Crippen MR) is 109 cm³/mol. The van der Waals surface area contributed by atoms with Crippen molar-refractivity contribution in [3.8, 4) is 0 Å². The molecule has 1 N–H and O–H groups in total. The second-order valence-electron chi connectivity index (χ2n) is 7.29. The zero-order chi connectivity index (χ0) is 21.1. The second kappa shape index (κ2) is 8.44. The summed E-state index contributed by atoms with van der Waals surface area (Å²) >= 11 is 0. The first-order valence-corrected chi connectivity index (χ1v) is 9.80. The fourth-order valence-electron chi connectivity index (χ4n) is 3.73. The van der Waals surface area contributed by atoms with Gasteiger partial charge in [0.1, 0.15) is 12.4 Å². The van der Waals surface area contributed by atoms with Crippen LogP contribution in [0.3, 0.4) is 0 Å². The lowest BCUT2D eigenvalue weighted by molar-refractivity contribution is -0.122. The van der Waals surface area contributed by atoms with Crippen LogP contribution in [0.2, 0.25) is 0 Å². The molecule has 0 saturated carbocycles. The summed E-state index contributed by atoms with van der Waals surface area (Å²) in [4.78, 5) is 42.9. The Labute approximate surface area is 172 Å².